The molecule has 1 aliphatic heterocycles. The number of piperidine rings is 1. The predicted octanol–water partition coefficient (Wildman–Crippen LogP) is 6.79. The van der Waals surface area contributed by atoms with E-state index in [1.165, 1.54) is 12.1 Å². The molecule has 1 saturated heterocycles. The van der Waals surface area contributed by atoms with Crippen molar-refractivity contribution in [1.29, 1.82) is 0 Å². The Labute approximate surface area is 247 Å². The normalized spacial score (nSPS) is 13.8. The second-order valence-corrected chi connectivity index (χ2v) is 11.0. The molecule has 9 nitrogen and oxygen atoms in total. The summed E-state index contributed by atoms with van der Waals surface area (Å²) in [5.41, 5.74) is 2.76. The lowest BCUT2D eigenvalue weighted by Crippen LogP contribution is -2.38. The zero-order valence-corrected chi connectivity index (χ0v) is 23.9. The Hall–Kier alpha value is -4.63. The van der Waals surface area contributed by atoms with E-state index in [0.29, 0.717) is 35.9 Å². The Morgan fingerprint density at radius 1 is 1.02 bits per heavy atom. The number of carboxylic acid groups (broad SMARTS) is 1. The van der Waals surface area contributed by atoms with Gasteiger partial charge in [-0.2, -0.15) is 0 Å². The van der Waals surface area contributed by atoms with Crippen molar-refractivity contribution >= 4 is 35.1 Å². The van der Waals surface area contributed by atoms with Crippen LogP contribution in [0.4, 0.5) is 5.69 Å². The van der Waals surface area contributed by atoms with Gasteiger partial charge in [-0.05, 0) is 66.8 Å². The molecule has 1 aliphatic rings. The molecule has 0 bridgehead atoms. The molecule has 42 heavy (non-hydrogen) atoms. The molecule has 10 heteroatoms. The second-order valence-electron chi connectivity index (χ2n) is 10.6. The van der Waals surface area contributed by atoms with Gasteiger partial charge in [0.05, 0.1) is 16.1 Å². The van der Waals surface area contributed by atoms with E-state index in [1.54, 1.807) is 47.4 Å². The molecular formula is C32H30ClN3O6. The molecule has 0 radical (unpaired) electrons. The van der Waals surface area contributed by atoms with Crippen LogP contribution >= 0.6 is 11.6 Å². The highest BCUT2D eigenvalue weighted by Crippen LogP contribution is 2.32. The fourth-order valence-corrected chi connectivity index (χ4v) is 5.22. The maximum atomic E-state index is 13.5. The van der Waals surface area contributed by atoms with Crippen LogP contribution in [0, 0.1) is 0 Å². The standard InChI is InChI=1S/C32H30ClN3O6/c1-18(2)30-35-27(22-4-3-5-24(37)16-22)28(42-30)29(38)34-23-10-11-26(33)25(17-23)31(39)36-14-12-20(13-15-36)19-6-8-21(9-7-19)32(40)41/h3-11,16-18,20,37H,12-15H2,1-2H3,(H,34,38)(H,40,41). The quantitative estimate of drug-likeness (QED) is 0.217. The number of benzene rings is 3. The fourth-order valence-electron chi connectivity index (χ4n) is 5.03. The summed E-state index contributed by atoms with van der Waals surface area (Å²) in [6, 6.07) is 18.0. The summed E-state index contributed by atoms with van der Waals surface area (Å²) in [7, 11) is 0. The molecule has 2 heterocycles. The molecule has 0 spiro atoms. The highest BCUT2D eigenvalue weighted by atomic mass is 35.5. The van der Waals surface area contributed by atoms with Crippen LogP contribution in [-0.4, -0.2) is 51.0 Å². The summed E-state index contributed by atoms with van der Waals surface area (Å²) < 4.78 is 5.83. The molecule has 5 rings (SSSR count). The Morgan fingerprint density at radius 2 is 1.74 bits per heavy atom. The minimum atomic E-state index is -0.963. The monoisotopic (exact) mass is 587 g/mol. The number of phenols is 1. The Bertz CT molecular complexity index is 1640. The van der Waals surface area contributed by atoms with E-state index in [9.17, 15) is 19.5 Å². The zero-order chi connectivity index (χ0) is 30.0. The third kappa shape index (κ3) is 6.16. The second kappa shape index (κ2) is 12.1. The number of amides is 2. The molecule has 0 unspecified atom stereocenters. The van der Waals surface area contributed by atoms with Crippen molar-refractivity contribution in [3.63, 3.8) is 0 Å². The lowest BCUT2D eigenvalue weighted by Gasteiger charge is -2.32. The topological polar surface area (TPSA) is 133 Å². The van der Waals surface area contributed by atoms with Crippen LogP contribution in [0.1, 0.15) is 81.2 Å². The summed E-state index contributed by atoms with van der Waals surface area (Å²) in [4.78, 5) is 44.2. The van der Waals surface area contributed by atoms with Gasteiger partial charge < -0.3 is 24.8 Å². The number of carbonyl (C=O) groups is 3. The average molecular weight is 588 g/mol. The number of likely N-dealkylation sites (tertiary alicyclic amines) is 1. The van der Waals surface area contributed by atoms with E-state index >= 15 is 0 Å². The van der Waals surface area contributed by atoms with Crippen LogP contribution in [0.2, 0.25) is 5.02 Å². The van der Waals surface area contributed by atoms with E-state index in [-0.39, 0.29) is 45.4 Å². The molecule has 216 valence electrons. The lowest BCUT2D eigenvalue weighted by molar-refractivity contribution is 0.0691. The van der Waals surface area contributed by atoms with E-state index < -0.39 is 11.9 Å². The Kier molecular flexibility index (Phi) is 8.31. The van der Waals surface area contributed by atoms with Crippen LogP contribution in [0.15, 0.2) is 71.1 Å². The van der Waals surface area contributed by atoms with Gasteiger partial charge in [0, 0.05) is 30.3 Å². The fraction of sp³-hybridized carbons (Fsp3) is 0.250. The number of oxazole rings is 1. The smallest absolute Gasteiger partial charge is 0.335 e. The maximum Gasteiger partial charge on any atom is 0.335 e. The van der Waals surface area contributed by atoms with Gasteiger partial charge in [0.1, 0.15) is 11.4 Å². The summed E-state index contributed by atoms with van der Waals surface area (Å²) in [6.45, 7) is 4.82. The summed E-state index contributed by atoms with van der Waals surface area (Å²) >= 11 is 6.43. The lowest BCUT2D eigenvalue weighted by atomic mass is 9.89. The average Bonchev–Trinajstić information content (AvgIpc) is 3.44. The number of halogens is 1. The van der Waals surface area contributed by atoms with Crippen molar-refractivity contribution in [3.05, 3.63) is 100 Å². The molecule has 3 aromatic carbocycles. The zero-order valence-electron chi connectivity index (χ0n) is 23.1. The number of phenolic OH excluding ortho intramolecular Hbond substituents is 1. The first kappa shape index (κ1) is 28.9. The third-order valence-corrected chi connectivity index (χ3v) is 7.66. The number of anilines is 1. The van der Waals surface area contributed by atoms with Crippen molar-refractivity contribution in [3.8, 4) is 17.0 Å². The van der Waals surface area contributed by atoms with E-state index in [0.717, 1.165) is 18.4 Å². The molecule has 3 N–H and O–H groups in total. The summed E-state index contributed by atoms with van der Waals surface area (Å²) in [5, 5.41) is 22.1. The molecule has 0 aliphatic carbocycles. The van der Waals surface area contributed by atoms with Gasteiger partial charge in [-0.3, -0.25) is 9.59 Å². The van der Waals surface area contributed by atoms with E-state index in [1.807, 2.05) is 26.0 Å². The molecule has 0 saturated carbocycles. The van der Waals surface area contributed by atoms with Gasteiger partial charge in [-0.15, -0.1) is 0 Å². The summed E-state index contributed by atoms with van der Waals surface area (Å²) in [5.74, 6) is -1.20. The number of carbonyl (C=O) groups excluding carboxylic acids is 2. The van der Waals surface area contributed by atoms with E-state index in [4.69, 9.17) is 21.1 Å². The van der Waals surface area contributed by atoms with Crippen LogP contribution in [-0.2, 0) is 0 Å². The van der Waals surface area contributed by atoms with Crippen molar-refractivity contribution in [2.45, 2.75) is 38.5 Å². The number of aromatic hydroxyl groups is 1. The number of aromatic nitrogens is 1. The number of rotatable bonds is 7. The van der Waals surface area contributed by atoms with Gasteiger partial charge >= 0.3 is 5.97 Å². The van der Waals surface area contributed by atoms with Gasteiger partial charge in [-0.25, -0.2) is 9.78 Å². The van der Waals surface area contributed by atoms with Crippen molar-refractivity contribution in [2.24, 2.45) is 0 Å². The number of nitrogens with zero attached hydrogens (tertiary/aromatic N) is 2. The van der Waals surface area contributed by atoms with Gasteiger partial charge in [0.25, 0.3) is 11.8 Å². The molecule has 1 fully saturated rings. The minimum Gasteiger partial charge on any atom is -0.508 e. The molecule has 1 aromatic heterocycles. The maximum absolute atomic E-state index is 13.5. The minimum absolute atomic E-state index is 0.00872. The largest absolute Gasteiger partial charge is 0.508 e. The first-order valence-corrected chi connectivity index (χ1v) is 14.0. The highest BCUT2D eigenvalue weighted by Gasteiger charge is 2.27. The first-order chi connectivity index (χ1) is 20.1. The first-order valence-electron chi connectivity index (χ1n) is 13.6. The number of hydrogen-bond donors (Lipinski definition) is 3. The van der Waals surface area contributed by atoms with E-state index in [2.05, 4.69) is 10.3 Å². The number of aromatic carboxylic acids is 1. The Morgan fingerprint density at radius 3 is 2.38 bits per heavy atom. The van der Waals surface area contributed by atoms with Crippen LogP contribution in [0.3, 0.4) is 0 Å². The molecule has 2 amide bonds. The van der Waals surface area contributed by atoms with Crippen LogP contribution in [0.25, 0.3) is 11.3 Å². The van der Waals surface area contributed by atoms with Gasteiger partial charge in [0.15, 0.2) is 5.89 Å². The van der Waals surface area contributed by atoms with Gasteiger partial charge in [0.2, 0.25) is 5.76 Å². The third-order valence-electron chi connectivity index (χ3n) is 7.33. The number of nitrogens with one attached hydrogen (secondary N) is 1. The molecular weight excluding hydrogens is 558 g/mol. The summed E-state index contributed by atoms with van der Waals surface area (Å²) in [6.07, 6.45) is 1.46. The van der Waals surface area contributed by atoms with Gasteiger partial charge in [-0.1, -0.05) is 49.7 Å². The number of hydrogen-bond acceptors (Lipinski definition) is 6. The Balaban J connectivity index is 1.30. The molecule has 0 atom stereocenters. The van der Waals surface area contributed by atoms with Crippen LogP contribution in [0.5, 0.6) is 5.75 Å². The molecule has 4 aromatic rings. The van der Waals surface area contributed by atoms with Crippen molar-refractivity contribution in [1.82, 2.24) is 9.88 Å². The number of carboxylic acids is 1. The van der Waals surface area contributed by atoms with Crippen LogP contribution < -0.4 is 5.32 Å². The SMILES string of the molecule is CC(C)c1nc(-c2cccc(O)c2)c(C(=O)Nc2ccc(Cl)c(C(=O)N3CCC(c4ccc(C(=O)O)cc4)CC3)c2)o1. The predicted molar refractivity (Wildman–Crippen MR) is 158 cm³/mol. The van der Waals surface area contributed by atoms with Crippen molar-refractivity contribution in [2.75, 3.05) is 18.4 Å². The van der Waals surface area contributed by atoms with Crippen molar-refractivity contribution < 1.29 is 29.0 Å². The highest BCUT2D eigenvalue weighted by molar-refractivity contribution is 6.34.